The summed E-state index contributed by atoms with van der Waals surface area (Å²) in [6.07, 6.45) is 1.66. The minimum absolute atomic E-state index is 0.0699. The van der Waals surface area contributed by atoms with E-state index in [9.17, 15) is 13.2 Å². The van der Waals surface area contributed by atoms with Gasteiger partial charge in [-0.05, 0) is 36.6 Å². The first-order valence-corrected chi connectivity index (χ1v) is 9.92. The average Bonchev–Trinajstić information content (AvgIpc) is 2.67. The molecule has 0 atom stereocenters. The van der Waals surface area contributed by atoms with Gasteiger partial charge in [-0.1, -0.05) is 36.4 Å². The molecule has 0 spiro atoms. The van der Waals surface area contributed by atoms with Crippen LogP contribution in [0.1, 0.15) is 28.8 Å². The topological polar surface area (TPSA) is 84.5 Å². The van der Waals surface area contributed by atoms with Gasteiger partial charge in [-0.3, -0.25) is 4.79 Å². The Labute approximate surface area is 154 Å². The molecule has 0 bridgehead atoms. The number of nitrogens with one attached hydrogen (secondary N) is 2. The van der Waals surface area contributed by atoms with Gasteiger partial charge in [0.1, 0.15) is 0 Å². The number of hydrogen-bond donors (Lipinski definition) is 2. The molecule has 0 radical (unpaired) electrons. The number of amides is 1. The maximum Gasteiger partial charge on any atom is 0.251 e. The van der Waals surface area contributed by atoms with Crippen LogP contribution in [-0.4, -0.2) is 34.6 Å². The first-order valence-electron chi connectivity index (χ1n) is 8.44. The summed E-state index contributed by atoms with van der Waals surface area (Å²) in [5.41, 5.74) is 1.18. The zero-order valence-corrected chi connectivity index (χ0v) is 15.6. The van der Waals surface area contributed by atoms with Gasteiger partial charge in [0.2, 0.25) is 10.0 Å². The van der Waals surface area contributed by atoms with Crippen molar-refractivity contribution in [2.75, 3.05) is 20.3 Å². The van der Waals surface area contributed by atoms with Crippen molar-refractivity contribution in [3.05, 3.63) is 65.7 Å². The van der Waals surface area contributed by atoms with Gasteiger partial charge in [-0.25, -0.2) is 13.1 Å². The first-order chi connectivity index (χ1) is 12.5. The molecular formula is C19H24N2O4S. The Morgan fingerprint density at radius 3 is 2.54 bits per heavy atom. The van der Waals surface area contributed by atoms with Crippen molar-refractivity contribution in [2.45, 2.75) is 24.3 Å². The SMILES string of the molecule is COCCCCNC(=O)c1cccc(S(=O)(=O)NCc2ccccc2)c1. The van der Waals surface area contributed by atoms with Gasteiger partial charge in [0.25, 0.3) is 5.91 Å². The maximum atomic E-state index is 12.5. The maximum absolute atomic E-state index is 12.5. The first kappa shape index (κ1) is 20.1. The molecule has 26 heavy (non-hydrogen) atoms. The zero-order chi connectivity index (χ0) is 18.8. The molecule has 0 heterocycles. The Balaban J connectivity index is 1.97. The summed E-state index contributed by atoms with van der Waals surface area (Å²) in [4.78, 5) is 12.2. The number of rotatable bonds is 10. The van der Waals surface area contributed by atoms with Crippen LogP contribution in [0.4, 0.5) is 0 Å². The molecule has 0 aliphatic carbocycles. The second-order valence-corrected chi connectivity index (χ2v) is 7.56. The van der Waals surface area contributed by atoms with E-state index >= 15 is 0 Å². The lowest BCUT2D eigenvalue weighted by Gasteiger charge is -2.09. The summed E-state index contributed by atoms with van der Waals surface area (Å²) >= 11 is 0. The second-order valence-electron chi connectivity index (χ2n) is 5.79. The molecule has 0 aliphatic rings. The molecule has 0 saturated carbocycles. The minimum Gasteiger partial charge on any atom is -0.385 e. The molecule has 2 aromatic rings. The van der Waals surface area contributed by atoms with Crippen molar-refractivity contribution < 1.29 is 17.9 Å². The third-order valence-corrected chi connectivity index (χ3v) is 5.18. The van der Waals surface area contributed by atoms with Gasteiger partial charge in [-0.15, -0.1) is 0 Å². The van der Waals surface area contributed by atoms with Crippen molar-refractivity contribution in [1.82, 2.24) is 10.0 Å². The summed E-state index contributed by atoms with van der Waals surface area (Å²) in [5.74, 6) is -0.289. The zero-order valence-electron chi connectivity index (χ0n) is 14.8. The number of carbonyl (C=O) groups excluding carboxylic acids is 1. The fourth-order valence-electron chi connectivity index (χ4n) is 2.34. The van der Waals surface area contributed by atoms with E-state index in [1.54, 1.807) is 19.2 Å². The number of methoxy groups -OCH3 is 1. The lowest BCUT2D eigenvalue weighted by Crippen LogP contribution is -2.26. The lowest BCUT2D eigenvalue weighted by molar-refractivity contribution is 0.0951. The smallest absolute Gasteiger partial charge is 0.251 e. The highest BCUT2D eigenvalue weighted by Gasteiger charge is 2.16. The van der Waals surface area contributed by atoms with Crippen molar-refractivity contribution in [3.8, 4) is 0 Å². The van der Waals surface area contributed by atoms with Crippen molar-refractivity contribution >= 4 is 15.9 Å². The van der Waals surface area contributed by atoms with Crippen molar-refractivity contribution in [2.24, 2.45) is 0 Å². The number of carbonyl (C=O) groups is 1. The highest BCUT2D eigenvalue weighted by atomic mass is 32.2. The van der Waals surface area contributed by atoms with Gasteiger partial charge in [-0.2, -0.15) is 0 Å². The molecule has 2 aromatic carbocycles. The van der Waals surface area contributed by atoms with Gasteiger partial charge in [0, 0.05) is 32.4 Å². The molecule has 7 heteroatoms. The molecule has 6 nitrogen and oxygen atoms in total. The highest BCUT2D eigenvalue weighted by molar-refractivity contribution is 7.89. The second kappa shape index (κ2) is 10.1. The van der Waals surface area contributed by atoms with Crippen molar-refractivity contribution in [3.63, 3.8) is 0 Å². The van der Waals surface area contributed by atoms with Gasteiger partial charge >= 0.3 is 0 Å². The molecule has 0 aromatic heterocycles. The van der Waals surface area contributed by atoms with Crippen LogP contribution in [0.5, 0.6) is 0 Å². The van der Waals surface area contributed by atoms with E-state index < -0.39 is 10.0 Å². The predicted octanol–water partition coefficient (Wildman–Crippen LogP) is 2.32. The fourth-order valence-corrected chi connectivity index (χ4v) is 3.40. The van der Waals surface area contributed by atoms with Crippen LogP contribution in [0.3, 0.4) is 0 Å². The standard InChI is InChI=1S/C19H24N2O4S/c1-25-13-6-5-12-20-19(22)17-10-7-11-18(14-17)26(23,24)21-15-16-8-3-2-4-9-16/h2-4,7-11,14,21H,5-6,12-13,15H2,1H3,(H,20,22). The van der Waals surface area contributed by atoms with E-state index in [4.69, 9.17) is 4.74 Å². The molecule has 1 amide bonds. The quantitative estimate of drug-likeness (QED) is 0.623. The molecule has 0 fully saturated rings. The average molecular weight is 376 g/mol. The third-order valence-electron chi connectivity index (χ3n) is 3.78. The Morgan fingerprint density at radius 1 is 1.04 bits per heavy atom. The van der Waals surface area contributed by atoms with Crippen molar-refractivity contribution in [1.29, 1.82) is 0 Å². The highest BCUT2D eigenvalue weighted by Crippen LogP contribution is 2.12. The van der Waals surface area contributed by atoms with E-state index in [-0.39, 0.29) is 17.3 Å². The van der Waals surface area contributed by atoms with Crippen LogP contribution in [0.2, 0.25) is 0 Å². The Hall–Kier alpha value is -2.22. The Kier molecular flexibility index (Phi) is 7.77. The summed E-state index contributed by atoms with van der Waals surface area (Å²) in [6.45, 7) is 1.36. The summed E-state index contributed by atoms with van der Waals surface area (Å²) in [6, 6.07) is 15.3. The monoisotopic (exact) mass is 376 g/mol. The third kappa shape index (κ3) is 6.25. The van der Waals surface area contributed by atoms with Crippen LogP contribution in [0, 0.1) is 0 Å². The van der Waals surface area contributed by atoms with E-state index in [0.29, 0.717) is 18.7 Å². The van der Waals surface area contributed by atoms with Gasteiger partial charge < -0.3 is 10.1 Å². The van der Waals surface area contributed by atoms with Crippen LogP contribution < -0.4 is 10.0 Å². The number of hydrogen-bond acceptors (Lipinski definition) is 4. The molecule has 0 saturated heterocycles. The summed E-state index contributed by atoms with van der Waals surface area (Å²) < 4.78 is 32.4. The van der Waals surface area contributed by atoms with Crippen LogP contribution in [0.15, 0.2) is 59.5 Å². The van der Waals surface area contributed by atoms with E-state index in [1.807, 2.05) is 30.3 Å². The largest absolute Gasteiger partial charge is 0.385 e. The molecule has 2 N–H and O–H groups in total. The number of unbranched alkanes of at least 4 members (excludes halogenated alkanes) is 1. The Bertz CT molecular complexity index is 807. The van der Waals surface area contributed by atoms with Crippen LogP contribution in [0.25, 0.3) is 0 Å². The summed E-state index contributed by atoms with van der Waals surface area (Å²) in [5, 5.41) is 2.78. The predicted molar refractivity (Wildman–Crippen MR) is 100 cm³/mol. The molecule has 0 unspecified atom stereocenters. The number of ether oxygens (including phenoxy) is 1. The molecule has 2 rings (SSSR count). The normalized spacial score (nSPS) is 11.3. The number of sulfonamides is 1. The van der Waals surface area contributed by atoms with Gasteiger partial charge in [0.05, 0.1) is 4.90 Å². The van der Waals surface area contributed by atoms with Gasteiger partial charge in [0.15, 0.2) is 0 Å². The minimum atomic E-state index is -3.69. The Morgan fingerprint density at radius 2 is 1.81 bits per heavy atom. The number of benzene rings is 2. The fraction of sp³-hybridized carbons (Fsp3) is 0.316. The molecule has 140 valence electrons. The van der Waals surface area contributed by atoms with E-state index in [0.717, 1.165) is 18.4 Å². The lowest BCUT2D eigenvalue weighted by atomic mass is 10.2. The molecule has 0 aliphatic heterocycles. The van der Waals surface area contributed by atoms with Crippen LogP contribution >= 0.6 is 0 Å². The van der Waals surface area contributed by atoms with E-state index in [2.05, 4.69) is 10.0 Å². The summed E-state index contributed by atoms with van der Waals surface area (Å²) in [7, 11) is -2.06. The molecular weight excluding hydrogens is 352 g/mol. The van der Waals surface area contributed by atoms with E-state index in [1.165, 1.54) is 12.1 Å². The van der Waals surface area contributed by atoms with Crippen LogP contribution in [-0.2, 0) is 21.3 Å².